The summed E-state index contributed by atoms with van der Waals surface area (Å²) in [6.45, 7) is 5.35. The van der Waals surface area contributed by atoms with Crippen LogP contribution in [0.1, 0.15) is 17.5 Å². The highest BCUT2D eigenvalue weighted by Gasteiger charge is 2.28. The van der Waals surface area contributed by atoms with E-state index in [1.54, 1.807) is 19.1 Å². The van der Waals surface area contributed by atoms with Gasteiger partial charge in [-0.2, -0.15) is 4.31 Å². The van der Waals surface area contributed by atoms with E-state index < -0.39 is 10.0 Å². The predicted octanol–water partition coefficient (Wildman–Crippen LogP) is 2.73. The van der Waals surface area contributed by atoms with Crippen molar-refractivity contribution < 1.29 is 22.7 Å². The summed E-state index contributed by atoms with van der Waals surface area (Å²) in [7, 11) is -3.63. The molecule has 0 radical (unpaired) electrons. The molecule has 1 N–H and O–H groups in total. The summed E-state index contributed by atoms with van der Waals surface area (Å²) in [5, 5.41) is 2.76. The first-order chi connectivity index (χ1) is 13.9. The van der Waals surface area contributed by atoms with Gasteiger partial charge >= 0.3 is 0 Å². The summed E-state index contributed by atoms with van der Waals surface area (Å²) in [4.78, 5) is 12.5. The van der Waals surface area contributed by atoms with Crippen LogP contribution >= 0.6 is 0 Å². The van der Waals surface area contributed by atoms with Crippen LogP contribution in [0.5, 0.6) is 5.75 Å². The lowest BCUT2D eigenvalue weighted by Gasteiger charge is -2.26. The van der Waals surface area contributed by atoms with Gasteiger partial charge < -0.3 is 14.8 Å². The number of nitrogens with one attached hydrogen (secondary N) is 1. The Bertz CT molecular complexity index is 969. The molecule has 1 amide bonds. The van der Waals surface area contributed by atoms with Gasteiger partial charge in [0.1, 0.15) is 5.75 Å². The number of sulfonamides is 1. The number of nitrogens with zero attached hydrogens (tertiary/aromatic N) is 1. The number of hydrogen-bond acceptors (Lipinski definition) is 5. The maximum atomic E-state index is 12.9. The maximum Gasteiger partial charge on any atom is 0.243 e. The Morgan fingerprint density at radius 2 is 1.83 bits per heavy atom. The average Bonchev–Trinajstić information content (AvgIpc) is 2.71. The molecule has 0 aromatic heterocycles. The number of carbonyl (C=O) groups excluding carboxylic acids is 1. The summed E-state index contributed by atoms with van der Waals surface area (Å²) < 4.78 is 38.2. The molecule has 29 heavy (non-hydrogen) atoms. The van der Waals surface area contributed by atoms with Gasteiger partial charge in [0.25, 0.3) is 0 Å². The highest BCUT2D eigenvalue weighted by molar-refractivity contribution is 7.89. The monoisotopic (exact) mass is 418 g/mol. The van der Waals surface area contributed by atoms with E-state index in [9.17, 15) is 13.2 Å². The Morgan fingerprint density at radius 3 is 2.55 bits per heavy atom. The second-order valence-electron chi connectivity index (χ2n) is 6.91. The Morgan fingerprint density at radius 1 is 1.10 bits per heavy atom. The van der Waals surface area contributed by atoms with Gasteiger partial charge in [0.2, 0.25) is 15.9 Å². The fourth-order valence-corrected chi connectivity index (χ4v) is 4.74. The van der Waals surface area contributed by atoms with Crippen LogP contribution in [-0.2, 0) is 19.6 Å². The number of anilines is 1. The van der Waals surface area contributed by atoms with Crippen molar-refractivity contribution in [2.75, 3.05) is 38.2 Å². The molecule has 8 heteroatoms. The van der Waals surface area contributed by atoms with E-state index in [0.29, 0.717) is 37.6 Å². The van der Waals surface area contributed by atoms with E-state index in [1.807, 2.05) is 31.2 Å². The van der Waals surface area contributed by atoms with Crippen molar-refractivity contribution in [1.29, 1.82) is 0 Å². The van der Waals surface area contributed by atoms with Crippen LogP contribution < -0.4 is 10.1 Å². The number of carbonyl (C=O) groups is 1. The highest BCUT2D eigenvalue weighted by Crippen LogP contribution is 2.24. The molecule has 0 saturated carbocycles. The molecular formula is C21H26N2O5S. The molecule has 1 heterocycles. The van der Waals surface area contributed by atoms with Crippen molar-refractivity contribution >= 4 is 21.6 Å². The molecule has 7 nitrogen and oxygen atoms in total. The number of ether oxygens (including phenoxy) is 2. The first kappa shape index (κ1) is 21.3. The van der Waals surface area contributed by atoms with Crippen molar-refractivity contribution in [1.82, 2.24) is 4.31 Å². The fraction of sp³-hybridized carbons (Fsp3) is 0.381. The van der Waals surface area contributed by atoms with Crippen LogP contribution in [0.4, 0.5) is 5.69 Å². The Hall–Kier alpha value is -2.42. The van der Waals surface area contributed by atoms with E-state index in [-0.39, 0.29) is 23.8 Å². The molecule has 1 saturated heterocycles. The van der Waals surface area contributed by atoms with Gasteiger partial charge in [-0.3, -0.25) is 4.79 Å². The second-order valence-corrected chi connectivity index (χ2v) is 8.82. The number of rotatable bonds is 7. The molecule has 0 atom stereocenters. The van der Waals surface area contributed by atoms with Gasteiger partial charge in [-0.05, 0) is 43.2 Å². The fourth-order valence-electron chi connectivity index (χ4n) is 3.08. The van der Waals surface area contributed by atoms with Crippen molar-refractivity contribution in [3.63, 3.8) is 0 Å². The second kappa shape index (κ2) is 9.39. The minimum absolute atomic E-state index is 0.160. The lowest BCUT2D eigenvalue weighted by Crippen LogP contribution is -2.40. The van der Waals surface area contributed by atoms with E-state index in [2.05, 4.69) is 5.32 Å². The molecule has 2 aromatic carbocycles. The lowest BCUT2D eigenvalue weighted by atomic mass is 10.2. The van der Waals surface area contributed by atoms with Gasteiger partial charge in [-0.1, -0.05) is 24.3 Å². The van der Waals surface area contributed by atoms with Crippen molar-refractivity contribution in [2.45, 2.75) is 25.2 Å². The summed E-state index contributed by atoms with van der Waals surface area (Å²) in [6.07, 6.45) is 0.160. The maximum absolute atomic E-state index is 12.9. The Balaban J connectivity index is 1.63. The highest BCUT2D eigenvalue weighted by atomic mass is 32.2. The third-order valence-electron chi connectivity index (χ3n) is 4.74. The number of morpholine rings is 1. The third-order valence-corrected chi connectivity index (χ3v) is 6.78. The van der Waals surface area contributed by atoms with E-state index in [1.165, 1.54) is 10.4 Å². The average molecular weight is 419 g/mol. The largest absolute Gasteiger partial charge is 0.493 e. The van der Waals surface area contributed by atoms with Gasteiger partial charge in [-0.25, -0.2) is 8.42 Å². The standard InChI is InChI=1S/C21H26N2O5S/c1-16-5-3-4-6-19(16)28-12-9-21(24)22-18-8-7-17(2)20(15-18)29(25,26)23-10-13-27-14-11-23/h3-8,15H,9-14H2,1-2H3,(H,22,24). The predicted molar refractivity (Wildman–Crippen MR) is 111 cm³/mol. The summed E-state index contributed by atoms with van der Waals surface area (Å²) in [5.41, 5.74) is 2.09. The summed E-state index contributed by atoms with van der Waals surface area (Å²) >= 11 is 0. The van der Waals surface area contributed by atoms with Crippen LogP contribution in [0.3, 0.4) is 0 Å². The Labute approximate surface area is 171 Å². The van der Waals surface area contributed by atoms with Crippen LogP contribution in [0.2, 0.25) is 0 Å². The number of amides is 1. The molecule has 1 aliphatic heterocycles. The molecule has 0 spiro atoms. The molecule has 0 aliphatic carbocycles. The number of para-hydroxylation sites is 1. The van der Waals surface area contributed by atoms with Gasteiger partial charge in [-0.15, -0.1) is 0 Å². The number of hydrogen-bond donors (Lipinski definition) is 1. The quantitative estimate of drug-likeness (QED) is 0.747. The Kier molecular flexibility index (Phi) is 6.89. The summed E-state index contributed by atoms with van der Waals surface area (Å²) in [6, 6.07) is 12.5. The van der Waals surface area contributed by atoms with Crippen molar-refractivity contribution in [3.05, 3.63) is 53.6 Å². The minimum Gasteiger partial charge on any atom is -0.493 e. The first-order valence-electron chi connectivity index (χ1n) is 9.55. The van der Waals surface area contributed by atoms with Crippen LogP contribution in [0.15, 0.2) is 47.4 Å². The molecule has 1 fully saturated rings. The van der Waals surface area contributed by atoms with E-state index >= 15 is 0 Å². The smallest absolute Gasteiger partial charge is 0.243 e. The third kappa shape index (κ3) is 5.35. The van der Waals surface area contributed by atoms with Crippen LogP contribution in [-0.4, -0.2) is 51.5 Å². The van der Waals surface area contributed by atoms with E-state index in [4.69, 9.17) is 9.47 Å². The molecular weight excluding hydrogens is 392 g/mol. The molecule has 2 aromatic rings. The molecule has 156 valence electrons. The molecule has 0 unspecified atom stereocenters. The van der Waals surface area contributed by atoms with Gasteiger partial charge in [0.15, 0.2) is 0 Å². The zero-order valence-electron chi connectivity index (χ0n) is 16.7. The lowest BCUT2D eigenvalue weighted by molar-refractivity contribution is -0.116. The number of aryl methyl sites for hydroxylation is 2. The van der Waals surface area contributed by atoms with Crippen LogP contribution in [0.25, 0.3) is 0 Å². The zero-order chi connectivity index (χ0) is 20.9. The number of benzene rings is 2. The summed E-state index contributed by atoms with van der Waals surface area (Å²) in [5.74, 6) is 0.506. The van der Waals surface area contributed by atoms with Crippen LogP contribution in [0, 0.1) is 13.8 Å². The molecule has 3 rings (SSSR count). The van der Waals surface area contributed by atoms with Gasteiger partial charge in [0.05, 0.1) is 31.1 Å². The minimum atomic E-state index is -3.63. The molecule has 0 bridgehead atoms. The topological polar surface area (TPSA) is 84.9 Å². The normalized spacial score (nSPS) is 15.1. The van der Waals surface area contributed by atoms with Crippen molar-refractivity contribution in [2.24, 2.45) is 0 Å². The first-order valence-corrected chi connectivity index (χ1v) is 11.0. The SMILES string of the molecule is Cc1ccccc1OCCC(=O)Nc1ccc(C)c(S(=O)(=O)N2CCOCC2)c1. The van der Waals surface area contributed by atoms with E-state index in [0.717, 1.165) is 11.3 Å². The van der Waals surface area contributed by atoms with Gasteiger partial charge in [0, 0.05) is 18.8 Å². The zero-order valence-corrected chi connectivity index (χ0v) is 17.5. The van der Waals surface area contributed by atoms with Crippen molar-refractivity contribution in [3.8, 4) is 5.75 Å². The molecule has 1 aliphatic rings.